The largest absolute Gasteiger partial charge is 0.444 e. The third-order valence-electron chi connectivity index (χ3n) is 12.1. The number of benzene rings is 2. The number of anilines is 2. The van der Waals surface area contributed by atoms with Gasteiger partial charge >= 0.3 is 11.8 Å². The fourth-order valence-electron chi connectivity index (χ4n) is 8.44. The number of imide groups is 1. The molecule has 6 heterocycles. The van der Waals surface area contributed by atoms with Gasteiger partial charge in [0.15, 0.2) is 11.3 Å². The van der Waals surface area contributed by atoms with Gasteiger partial charge in [0, 0.05) is 71.2 Å². The standard InChI is InChI=1S/C48H56F2N12O8/c1-48(2,3)70-47(68)59-23-21-58(22-24-59)38-18-20-60-42(54-38)33(28-52-60)44(65)53-34-29-61(56-40(34)41(49)50)32-13-11-31(12-14-32)43(64)51-19-6-8-26-69-25-7-5-9-30-10-15-35-37(27-30)57(4)46(67)62(35)36-16-17-39(63)55-45(36)66/h10-15,18,20,27-29,36,41H,5-9,16-17,19,21-26H2,1-4H3,(H,51,64)(H,53,65)(H,55,63,66). The Kier molecular flexibility index (Phi) is 14.7. The third kappa shape index (κ3) is 11.2. The Morgan fingerprint density at radius 2 is 1.66 bits per heavy atom. The number of ether oxygens (including phenoxy) is 2. The summed E-state index contributed by atoms with van der Waals surface area (Å²) in [6.45, 7) is 8.75. The molecule has 2 aliphatic rings. The average molecular weight is 967 g/mol. The predicted molar refractivity (Wildman–Crippen MR) is 253 cm³/mol. The van der Waals surface area contributed by atoms with Crippen LogP contribution in [0, 0.1) is 0 Å². The first kappa shape index (κ1) is 48.9. The number of imidazole rings is 1. The molecule has 5 amide bonds. The quantitative estimate of drug-likeness (QED) is 0.0779. The smallest absolute Gasteiger partial charge is 0.410 e. The number of aromatic nitrogens is 7. The monoisotopic (exact) mass is 966 g/mol. The Bertz CT molecular complexity index is 2960. The summed E-state index contributed by atoms with van der Waals surface area (Å²) in [5, 5.41) is 16.0. The van der Waals surface area contributed by atoms with Crippen LogP contribution in [0.15, 0.2) is 71.9 Å². The minimum Gasteiger partial charge on any atom is -0.444 e. The lowest BCUT2D eigenvalue weighted by Crippen LogP contribution is -2.50. The van der Waals surface area contributed by atoms with E-state index in [1.54, 1.807) is 48.5 Å². The first-order valence-electron chi connectivity index (χ1n) is 23.3. The van der Waals surface area contributed by atoms with Crippen LogP contribution in [-0.2, 0) is 32.5 Å². The van der Waals surface area contributed by atoms with Crippen LogP contribution in [0.4, 0.5) is 25.1 Å². The van der Waals surface area contributed by atoms with Gasteiger partial charge in [-0.15, -0.1) is 0 Å². The van der Waals surface area contributed by atoms with Gasteiger partial charge in [-0.1, -0.05) is 6.07 Å². The second kappa shape index (κ2) is 21.0. The van der Waals surface area contributed by atoms with Crippen LogP contribution in [0.25, 0.3) is 22.4 Å². The molecule has 1 unspecified atom stereocenters. The van der Waals surface area contributed by atoms with Crippen molar-refractivity contribution in [3.8, 4) is 5.69 Å². The van der Waals surface area contributed by atoms with Gasteiger partial charge in [-0.05, 0) is 107 Å². The van der Waals surface area contributed by atoms with Crippen LogP contribution in [0.3, 0.4) is 0 Å². The van der Waals surface area contributed by atoms with Crippen molar-refractivity contribution in [1.29, 1.82) is 0 Å². The number of nitrogens with one attached hydrogen (secondary N) is 3. The number of hydrogen-bond donors (Lipinski definition) is 3. The van der Waals surface area contributed by atoms with Gasteiger partial charge in [-0.2, -0.15) is 10.2 Å². The van der Waals surface area contributed by atoms with E-state index in [0.29, 0.717) is 74.9 Å². The summed E-state index contributed by atoms with van der Waals surface area (Å²) >= 11 is 0. The average Bonchev–Trinajstić information content (AvgIpc) is 4.03. The molecule has 70 heavy (non-hydrogen) atoms. The van der Waals surface area contributed by atoms with Gasteiger partial charge in [-0.3, -0.25) is 33.6 Å². The first-order chi connectivity index (χ1) is 33.5. The fraction of sp³-hybridized carbons (Fsp3) is 0.438. The molecule has 0 radical (unpaired) electrons. The van der Waals surface area contributed by atoms with Crippen LogP contribution in [0.1, 0.15) is 104 Å². The van der Waals surface area contributed by atoms with Gasteiger partial charge in [-0.25, -0.2) is 32.6 Å². The molecule has 8 rings (SSSR count). The van der Waals surface area contributed by atoms with Crippen molar-refractivity contribution in [2.24, 2.45) is 7.05 Å². The van der Waals surface area contributed by atoms with E-state index in [4.69, 9.17) is 9.47 Å². The predicted octanol–water partition coefficient (Wildman–Crippen LogP) is 5.34. The maximum atomic E-state index is 14.3. The maximum absolute atomic E-state index is 14.3. The summed E-state index contributed by atoms with van der Waals surface area (Å²) in [4.78, 5) is 84.4. The highest BCUT2D eigenvalue weighted by Gasteiger charge is 2.32. The zero-order chi connectivity index (χ0) is 49.7. The lowest BCUT2D eigenvalue weighted by Gasteiger charge is -2.36. The van der Waals surface area contributed by atoms with Gasteiger partial charge in [0.25, 0.3) is 18.2 Å². The fourth-order valence-corrected chi connectivity index (χ4v) is 8.44. The number of unbranched alkanes of at least 4 members (excludes halogenated alkanes) is 2. The zero-order valence-electron chi connectivity index (χ0n) is 39.5. The van der Waals surface area contributed by atoms with E-state index in [9.17, 15) is 37.5 Å². The molecule has 0 spiro atoms. The summed E-state index contributed by atoms with van der Waals surface area (Å²) in [6.07, 6.45) is 5.23. The number of aryl methyl sites for hydroxylation is 2. The van der Waals surface area contributed by atoms with Crippen molar-refractivity contribution >= 4 is 57.9 Å². The Balaban J connectivity index is 0.761. The Labute approximate surface area is 400 Å². The first-order valence-corrected chi connectivity index (χ1v) is 23.3. The van der Waals surface area contributed by atoms with E-state index < -0.39 is 41.7 Å². The van der Waals surface area contributed by atoms with Crippen molar-refractivity contribution < 1.29 is 42.2 Å². The molecule has 0 saturated carbocycles. The summed E-state index contributed by atoms with van der Waals surface area (Å²) in [6, 6.07) is 13.1. The summed E-state index contributed by atoms with van der Waals surface area (Å²) in [5.74, 6) is -1.25. The minimum absolute atomic E-state index is 0.0586. The minimum atomic E-state index is -3.01. The number of fused-ring (bicyclic) bond motifs is 2. The molecule has 0 aliphatic carbocycles. The second-order valence-corrected chi connectivity index (χ2v) is 18.3. The highest BCUT2D eigenvalue weighted by atomic mass is 19.3. The molecule has 2 fully saturated rings. The molecular formula is C48H56F2N12O8. The highest BCUT2D eigenvalue weighted by Crippen LogP contribution is 2.29. The number of carbonyl (C=O) groups is 5. The number of nitrogens with zero attached hydrogens (tertiary/aromatic N) is 9. The molecule has 370 valence electrons. The van der Waals surface area contributed by atoms with Crippen molar-refractivity contribution in [1.82, 2.24) is 49.0 Å². The van der Waals surface area contributed by atoms with Crippen molar-refractivity contribution in [3.05, 3.63) is 100.0 Å². The number of carbonyl (C=O) groups excluding carboxylic acids is 5. The van der Waals surface area contributed by atoms with E-state index >= 15 is 0 Å². The number of rotatable bonds is 17. The summed E-state index contributed by atoms with van der Waals surface area (Å²) in [7, 11) is 1.68. The molecule has 6 aromatic rings. The Morgan fingerprint density at radius 3 is 2.37 bits per heavy atom. The van der Waals surface area contributed by atoms with Gasteiger partial charge < -0.3 is 29.9 Å². The molecular weight excluding hydrogens is 911 g/mol. The van der Waals surface area contributed by atoms with Crippen LogP contribution in [0.5, 0.6) is 0 Å². The van der Waals surface area contributed by atoms with E-state index in [0.717, 1.165) is 36.8 Å². The van der Waals surface area contributed by atoms with Gasteiger partial charge in [0.1, 0.15) is 23.0 Å². The Hall–Kier alpha value is -7.49. The normalized spacial score (nSPS) is 15.5. The lowest BCUT2D eigenvalue weighted by molar-refractivity contribution is -0.135. The summed E-state index contributed by atoms with van der Waals surface area (Å²) in [5.41, 5.74) is 1.72. The number of hydrogen-bond acceptors (Lipinski definition) is 12. The van der Waals surface area contributed by atoms with Gasteiger partial charge in [0.2, 0.25) is 11.8 Å². The number of amides is 5. The lowest BCUT2D eigenvalue weighted by atomic mass is 10.0. The molecule has 2 saturated heterocycles. The van der Waals surface area contributed by atoms with E-state index in [2.05, 4.69) is 31.1 Å². The van der Waals surface area contributed by atoms with E-state index in [-0.39, 0.29) is 47.2 Å². The molecule has 0 bridgehead atoms. The van der Waals surface area contributed by atoms with Crippen molar-refractivity contribution in [3.63, 3.8) is 0 Å². The van der Waals surface area contributed by atoms with Crippen LogP contribution >= 0.6 is 0 Å². The molecule has 20 nitrogen and oxygen atoms in total. The second-order valence-electron chi connectivity index (χ2n) is 18.3. The van der Waals surface area contributed by atoms with Crippen LogP contribution in [0.2, 0.25) is 0 Å². The highest BCUT2D eigenvalue weighted by molar-refractivity contribution is 6.08. The molecule has 1 atom stereocenters. The van der Waals surface area contributed by atoms with Crippen LogP contribution < -0.4 is 26.5 Å². The maximum Gasteiger partial charge on any atom is 0.410 e. The van der Waals surface area contributed by atoms with Crippen LogP contribution in [-0.4, -0.2) is 120 Å². The SMILES string of the molecule is Cn1c(=O)n(C2CCC(=O)NC2=O)c2ccc(CCCCOCCCCNC(=O)c3ccc(-n4cc(NC(=O)c5cnn6ccc(N7CCN(C(=O)OC(C)(C)C)CC7)nc56)c(C(F)F)n4)cc3)cc21. The molecule has 2 aliphatic heterocycles. The number of halogens is 2. The molecule has 3 N–H and O–H groups in total. The Morgan fingerprint density at radius 1 is 0.914 bits per heavy atom. The molecule has 22 heteroatoms. The number of alkyl halides is 2. The van der Waals surface area contributed by atoms with E-state index in [1.807, 2.05) is 43.9 Å². The number of piperidine rings is 1. The number of piperazine rings is 1. The molecule has 2 aromatic carbocycles. The zero-order valence-corrected chi connectivity index (χ0v) is 39.5. The molecule has 4 aromatic heterocycles. The van der Waals surface area contributed by atoms with Gasteiger partial charge in [0.05, 0.1) is 34.8 Å². The van der Waals surface area contributed by atoms with E-state index in [1.165, 1.54) is 30.7 Å². The summed E-state index contributed by atoms with van der Waals surface area (Å²) < 4.78 is 45.4. The van der Waals surface area contributed by atoms with Crippen molar-refractivity contribution in [2.45, 2.75) is 83.8 Å². The third-order valence-corrected chi connectivity index (χ3v) is 12.1. The topological polar surface area (TPSA) is 221 Å². The van der Waals surface area contributed by atoms with Crippen molar-refractivity contribution in [2.75, 3.05) is 56.2 Å².